The summed E-state index contributed by atoms with van der Waals surface area (Å²) < 4.78 is 0. The molecule has 0 heteroatoms. The Kier molecular flexibility index (Phi) is 7.98. The van der Waals surface area contributed by atoms with Gasteiger partial charge in [-0.2, -0.15) is 0 Å². The topological polar surface area (TPSA) is 0 Å². The minimum absolute atomic E-state index is 0.0403. The lowest BCUT2D eigenvalue weighted by Crippen LogP contribution is -2.25. The molecule has 0 atom stereocenters. The third kappa shape index (κ3) is 6.23. The normalized spacial score (nSPS) is 13.4. The van der Waals surface area contributed by atoms with Gasteiger partial charge >= 0.3 is 0 Å². The van der Waals surface area contributed by atoms with Gasteiger partial charge in [-0.3, -0.25) is 0 Å². The Balaban J connectivity index is 1.72. The lowest BCUT2D eigenvalue weighted by atomic mass is 9.70. The van der Waals surface area contributed by atoms with E-state index in [1.54, 1.807) is 0 Å². The van der Waals surface area contributed by atoms with E-state index in [1.165, 1.54) is 44.5 Å². The Bertz CT molecular complexity index is 1450. The van der Waals surface area contributed by atoms with Gasteiger partial charge in [-0.05, 0) is 55.3 Å². The molecule has 0 aliphatic carbocycles. The zero-order valence-corrected chi connectivity index (χ0v) is 27.7. The highest BCUT2D eigenvalue weighted by Crippen LogP contribution is 2.41. The Hall–Kier alpha value is -3.12. The smallest absolute Gasteiger partial charge is 0.0146 e. The van der Waals surface area contributed by atoms with Gasteiger partial charge in [-0.25, -0.2) is 0 Å². The molecular formula is C41H52. The summed E-state index contributed by atoms with van der Waals surface area (Å²) in [6, 6.07) is 36.7. The quantitative estimate of drug-likeness (QED) is 0.226. The lowest BCUT2D eigenvalue weighted by molar-refractivity contribution is 0.557. The molecule has 4 aromatic rings. The van der Waals surface area contributed by atoms with Gasteiger partial charge in [0.1, 0.15) is 0 Å². The van der Waals surface area contributed by atoms with E-state index in [1.807, 2.05) is 0 Å². The van der Waals surface area contributed by atoms with Gasteiger partial charge in [0.05, 0.1) is 0 Å². The largest absolute Gasteiger partial charge is 0.0622 e. The van der Waals surface area contributed by atoms with Gasteiger partial charge in [-0.1, -0.05) is 180 Å². The van der Waals surface area contributed by atoms with Crippen LogP contribution in [0.15, 0.2) is 97.1 Å². The second-order valence-electron chi connectivity index (χ2n) is 15.7. The highest BCUT2D eigenvalue weighted by atomic mass is 14.3. The van der Waals surface area contributed by atoms with Crippen molar-refractivity contribution in [3.63, 3.8) is 0 Å². The van der Waals surface area contributed by atoms with Crippen molar-refractivity contribution in [1.82, 2.24) is 0 Å². The van der Waals surface area contributed by atoms with Crippen LogP contribution in [0, 0.1) is 0 Å². The SMILES string of the molecule is CC(C)(C)c1cc(C(C)(C)C)cc(C(C)(C)c2cccc(C(C)(C)c3ccc(C(C)(C)c4ccccc4)cc3)c2)c1. The van der Waals surface area contributed by atoms with Crippen LogP contribution in [0.2, 0.25) is 0 Å². The molecule has 0 heterocycles. The molecule has 4 rings (SSSR count). The highest BCUT2D eigenvalue weighted by Gasteiger charge is 2.31. The van der Waals surface area contributed by atoms with Crippen LogP contribution in [-0.4, -0.2) is 0 Å². The maximum atomic E-state index is 2.45. The highest BCUT2D eigenvalue weighted by molar-refractivity contribution is 5.49. The summed E-state index contributed by atoms with van der Waals surface area (Å²) in [6.45, 7) is 28.0. The maximum Gasteiger partial charge on any atom is 0.0146 e. The zero-order chi connectivity index (χ0) is 30.4. The molecule has 0 spiro atoms. The molecule has 0 saturated carbocycles. The molecule has 0 unspecified atom stereocenters. The average Bonchev–Trinajstić information content (AvgIpc) is 2.92. The van der Waals surface area contributed by atoms with Crippen molar-refractivity contribution in [1.29, 1.82) is 0 Å². The third-order valence-electron chi connectivity index (χ3n) is 9.52. The van der Waals surface area contributed by atoms with Crippen LogP contribution >= 0.6 is 0 Å². The van der Waals surface area contributed by atoms with Gasteiger partial charge in [0, 0.05) is 16.2 Å². The van der Waals surface area contributed by atoms with Crippen LogP contribution < -0.4 is 0 Å². The molecule has 0 amide bonds. The van der Waals surface area contributed by atoms with Crippen molar-refractivity contribution in [3.05, 3.63) is 142 Å². The molecule has 0 aliphatic heterocycles. The molecule has 0 bridgehead atoms. The van der Waals surface area contributed by atoms with Crippen molar-refractivity contribution in [2.45, 2.75) is 110 Å². The number of rotatable bonds is 6. The zero-order valence-electron chi connectivity index (χ0n) is 27.7. The summed E-state index contributed by atoms with van der Waals surface area (Å²) in [5, 5.41) is 0. The van der Waals surface area contributed by atoms with Crippen molar-refractivity contribution in [2.75, 3.05) is 0 Å². The molecule has 0 aliphatic rings. The molecule has 0 radical (unpaired) electrons. The first-order valence-electron chi connectivity index (χ1n) is 15.3. The van der Waals surface area contributed by atoms with Crippen LogP contribution in [0.1, 0.15) is 128 Å². The van der Waals surface area contributed by atoms with Gasteiger partial charge in [-0.15, -0.1) is 0 Å². The molecule has 0 N–H and O–H groups in total. The first-order valence-corrected chi connectivity index (χ1v) is 15.3. The minimum Gasteiger partial charge on any atom is -0.0622 e. The van der Waals surface area contributed by atoms with Crippen molar-refractivity contribution in [3.8, 4) is 0 Å². The van der Waals surface area contributed by atoms with E-state index in [4.69, 9.17) is 0 Å². The second-order valence-corrected chi connectivity index (χ2v) is 15.7. The summed E-state index contributed by atoms with van der Waals surface area (Å²) >= 11 is 0. The first kappa shape index (κ1) is 30.8. The van der Waals surface area contributed by atoms with Gasteiger partial charge in [0.2, 0.25) is 0 Å². The Morgan fingerprint density at radius 1 is 0.268 bits per heavy atom. The van der Waals surface area contributed by atoms with Gasteiger partial charge in [0.25, 0.3) is 0 Å². The molecule has 0 fully saturated rings. The molecule has 0 nitrogen and oxygen atoms in total. The second kappa shape index (κ2) is 10.6. The van der Waals surface area contributed by atoms with E-state index in [9.17, 15) is 0 Å². The van der Waals surface area contributed by atoms with Crippen LogP contribution in [0.5, 0.6) is 0 Å². The van der Waals surface area contributed by atoms with Crippen molar-refractivity contribution >= 4 is 0 Å². The number of hydrogen-bond donors (Lipinski definition) is 0. The summed E-state index contributed by atoms with van der Waals surface area (Å²) in [4.78, 5) is 0. The molecule has 4 aromatic carbocycles. The molecular weight excluding hydrogens is 492 g/mol. The predicted octanol–water partition coefficient (Wildman–Crippen LogP) is 11.3. The van der Waals surface area contributed by atoms with Gasteiger partial charge in [0.15, 0.2) is 0 Å². The van der Waals surface area contributed by atoms with Crippen LogP contribution in [0.3, 0.4) is 0 Å². The lowest BCUT2D eigenvalue weighted by Gasteiger charge is -2.34. The summed E-state index contributed by atoms with van der Waals surface area (Å²) in [6.07, 6.45) is 0. The van der Waals surface area contributed by atoms with Crippen molar-refractivity contribution in [2.24, 2.45) is 0 Å². The van der Waals surface area contributed by atoms with Crippen LogP contribution in [0.25, 0.3) is 0 Å². The third-order valence-corrected chi connectivity index (χ3v) is 9.52. The fraction of sp³-hybridized carbons (Fsp3) is 0.415. The summed E-state index contributed by atoms with van der Waals surface area (Å²) in [5.41, 5.74) is 10.8. The van der Waals surface area contributed by atoms with Crippen LogP contribution in [0.4, 0.5) is 0 Å². The van der Waals surface area contributed by atoms with E-state index < -0.39 is 0 Å². The number of hydrogen-bond acceptors (Lipinski definition) is 0. The Morgan fingerprint density at radius 2 is 0.561 bits per heavy atom. The molecule has 216 valence electrons. The van der Waals surface area contributed by atoms with E-state index in [2.05, 4.69) is 180 Å². The Labute approximate surface area is 251 Å². The molecule has 0 saturated heterocycles. The fourth-order valence-corrected chi connectivity index (χ4v) is 5.81. The van der Waals surface area contributed by atoms with E-state index in [0.29, 0.717) is 0 Å². The van der Waals surface area contributed by atoms with E-state index in [0.717, 1.165) is 0 Å². The molecule has 0 aromatic heterocycles. The summed E-state index contributed by atoms with van der Waals surface area (Å²) in [7, 11) is 0. The number of benzene rings is 4. The Morgan fingerprint density at radius 3 is 0.976 bits per heavy atom. The first-order chi connectivity index (χ1) is 18.8. The fourth-order valence-electron chi connectivity index (χ4n) is 5.81. The predicted molar refractivity (Wildman–Crippen MR) is 180 cm³/mol. The monoisotopic (exact) mass is 544 g/mol. The maximum absolute atomic E-state index is 2.45. The van der Waals surface area contributed by atoms with Crippen LogP contribution in [-0.2, 0) is 27.1 Å². The standard InChI is InChI=1S/C41H52/c1-37(2,3)34-26-35(38(4,5)6)28-36(27-34)41(11,12)33-20-16-19-32(25-33)40(9,10)31-23-21-30(22-24-31)39(7,8)29-17-14-13-15-18-29/h13-28H,1-12H3. The minimum atomic E-state index is -0.128. The van der Waals surface area contributed by atoms with Crippen molar-refractivity contribution < 1.29 is 0 Å². The summed E-state index contributed by atoms with van der Waals surface area (Å²) in [5.74, 6) is 0. The molecule has 41 heavy (non-hydrogen) atoms. The van der Waals surface area contributed by atoms with E-state index >= 15 is 0 Å². The average molecular weight is 545 g/mol. The van der Waals surface area contributed by atoms with E-state index in [-0.39, 0.29) is 27.1 Å². The van der Waals surface area contributed by atoms with Gasteiger partial charge < -0.3 is 0 Å².